The zero-order valence-electron chi connectivity index (χ0n) is 13.4. The summed E-state index contributed by atoms with van der Waals surface area (Å²) in [5, 5.41) is 5.23. The van der Waals surface area contributed by atoms with Crippen LogP contribution in [0.3, 0.4) is 0 Å². The first-order valence-corrected chi connectivity index (χ1v) is 9.04. The molecule has 22 heavy (non-hydrogen) atoms. The fraction of sp³-hybridized carbons (Fsp3) is 0.765. The first-order chi connectivity index (χ1) is 10.7. The van der Waals surface area contributed by atoms with Crippen LogP contribution in [0.5, 0.6) is 0 Å². The van der Waals surface area contributed by atoms with Gasteiger partial charge in [0.1, 0.15) is 5.69 Å². The topological polar surface area (TPSA) is 38.1 Å². The molecule has 0 bridgehead atoms. The minimum Gasteiger partial charge on any atom is -0.334 e. The van der Waals surface area contributed by atoms with Gasteiger partial charge in [0.05, 0.1) is 11.1 Å². The average molecular weight is 324 g/mol. The molecule has 1 aromatic heterocycles. The van der Waals surface area contributed by atoms with Crippen molar-refractivity contribution in [3.05, 3.63) is 16.9 Å². The number of aromatic nitrogens is 2. The molecule has 2 heterocycles. The second kappa shape index (κ2) is 7.03. The van der Waals surface area contributed by atoms with E-state index in [0.29, 0.717) is 10.9 Å². The molecule has 1 aliphatic carbocycles. The van der Waals surface area contributed by atoms with Crippen LogP contribution in [0.25, 0.3) is 0 Å². The molecule has 1 saturated carbocycles. The zero-order chi connectivity index (χ0) is 15.5. The lowest BCUT2D eigenvalue weighted by Crippen LogP contribution is -2.40. The Bertz CT molecular complexity index is 522. The summed E-state index contributed by atoms with van der Waals surface area (Å²) in [4.78, 5) is 15.2. The van der Waals surface area contributed by atoms with Gasteiger partial charge < -0.3 is 4.90 Å². The van der Waals surface area contributed by atoms with E-state index in [2.05, 4.69) is 10.00 Å². The minimum atomic E-state index is 0.0608. The molecule has 2 fully saturated rings. The largest absolute Gasteiger partial charge is 0.334 e. The van der Waals surface area contributed by atoms with Crippen LogP contribution in [0.4, 0.5) is 0 Å². The Hall–Kier alpha value is -1.03. The van der Waals surface area contributed by atoms with Crippen molar-refractivity contribution in [2.75, 3.05) is 6.54 Å². The summed E-state index contributed by atoms with van der Waals surface area (Å²) in [7, 11) is 1.89. The molecule has 0 N–H and O–H groups in total. The Balaban J connectivity index is 1.84. The number of amides is 1. The van der Waals surface area contributed by atoms with Crippen LogP contribution in [0.1, 0.15) is 69.5 Å². The average Bonchev–Trinajstić information content (AvgIpc) is 2.74. The molecule has 0 unspecified atom stereocenters. The molecule has 1 aliphatic heterocycles. The van der Waals surface area contributed by atoms with Crippen LogP contribution in [-0.2, 0) is 11.8 Å². The third-order valence-corrected chi connectivity index (χ3v) is 5.41. The summed E-state index contributed by atoms with van der Waals surface area (Å²) in [6.45, 7) is 0.854. The van der Waals surface area contributed by atoms with Gasteiger partial charge in [-0.1, -0.05) is 43.7 Å². The first kappa shape index (κ1) is 15.9. The van der Waals surface area contributed by atoms with Gasteiger partial charge in [-0.15, -0.1) is 0 Å². The molecule has 0 aromatic carbocycles. The van der Waals surface area contributed by atoms with Crippen LogP contribution in [0.15, 0.2) is 6.20 Å². The Kier molecular flexibility index (Phi) is 5.07. The standard InChI is InChI=1S/C17H26ClN3O/c1-20-12-14(18)16(19-20)15-10-6-3-7-11-21(15)17(22)13-8-4-2-5-9-13/h12-13,15H,2-11H2,1H3/t15-/m0/s1. The number of hydrogen-bond acceptors (Lipinski definition) is 2. The van der Waals surface area contributed by atoms with E-state index in [1.807, 2.05) is 13.2 Å². The van der Waals surface area contributed by atoms with Gasteiger partial charge >= 0.3 is 0 Å². The highest BCUT2D eigenvalue weighted by Gasteiger charge is 2.34. The molecular formula is C17H26ClN3O. The number of aryl methyl sites for hydroxylation is 1. The maximum Gasteiger partial charge on any atom is 0.226 e. The SMILES string of the molecule is Cn1cc(Cl)c([C@@H]2CCCCCN2C(=O)C2CCCCC2)n1. The third kappa shape index (κ3) is 3.32. The second-order valence-electron chi connectivity index (χ2n) is 6.77. The van der Waals surface area contributed by atoms with Crippen molar-refractivity contribution in [3.63, 3.8) is 0 Å². The van der Waals surface area contributed by atoms with E-state index in [1.165, 1.54) is 25.7 Å². The maximum atomic E-state index is 13.1. The molecule has 4 nitrogen and oxygen atoms in total. The molecule has 2 aliphatic rings. The lowest BCUT2D eigenvalue weighted by atomic mass is 9.87. The van der Waals surface area contributed by atoms with E-state index in [4.69, 9.17) is 11.6 Å². The van der Waals surface area contributed by atoms with E-state index < -0.39 is 0 Å². The maximum absolute atomic E-state index is 13.1. The third-order valence-electron chi connectivity index (χ3n) is 5.12. The van der Waals surface area contributed by atoms with Gasteiger partial charge in [-0.25, -0.2) is 0 Å². The monoisotopic (exact) mass is 323 g/mol. The van der Waals surface area contributed by atoms with Crippen LogP contribution in [0, 0.1) is 5.92 Å². The lowest BCUT2D eigenvalue weighted by molar-refractivity contribution is -0.139. The predicted octanol–water partition coefficient (Wildman–Crippen LogP) is 4.10. The van der Waals surface area contributed by atoms with Crippen molar-refractivity contribution < 1.29 is 4.79 Å². The van der Waals surface area contributed by atoms with E-state index in [-0.39, 0.29) is 12.0 Å². The number of nitrogens with zero attached hydrogens (tertiary/aromatic N) is 3. The van der Waals surface area contributed by atoms with Gasteiger partial charge in [-0.2, -0.15) is 5.10 Å². The molecule has 3 rings (SSSR count). The molecule has 1 amide bonds. The smallest absolute Gasteiger partial charge is 0.226 e. The normalized spacial score (nSPS) is 24.3. The number of carbonyl (C=O) groups is 1. The summed E-state index contributed by atoms with van der Waals surface area (Å²) in [5.74, 6) is 0.560. The van der Waals surface area contributed by atoms with Crippen molar-refractivity contribution in [2.45, 2.75) is 63.8 Å². The highest BCUT2D eigenvalue weighted by molar-refractivity contribution is 6.31. The summed E-state index contributed by atoms with van der Waals surface area (Å²) in [5.41, 5.74) is 0.884. The highest BCUT2D eigenvalue weighted by atomic mass is 35.5. The Morgan fingerprint density at radius 2 is 1.82 bits per heavy atom. The summed E-state index contributed by atoms with van der Waals surface area (Å²) >= 11 is 6.37. The quantitative estimate of drug-likeness (QED) is 0.822. The van der Waals surface area contributed by atoms with Crippen molar-refractivity contribution in [1.29, 1.82) is 0 Å². The zero-order valence-corrected chi connectivity index (χ0v) is 14.2. The van der Waals surface area contributed by atoms with Crippen LogP contribution >= 0.6 is 11.6 Å². The van der Waals surface area contributed by atoms with Crippen LogP contribution < -0.4 is 0 Å². The molecule has 1 atom stereocenters. The summed E-state index contributed by atoms with van der Waals surface area (Å²) in [6.07, 6.45) is 12.0. The minimum absolute atomic E-state index is 0.0608. The molecule has 0 spiro atoms. The Morgan fingerprint density at radius 3 is 2.50 bits per heavy atom. The number of likely N-dealkylation sites (tertiary alicyclic amines) is 1. The number of hydrogen-bond donors (Lipinski definition) is 0. The molecule has 1 aromatic rings. The van der Waals surface area contributed by atoms with E-state index in [9.17, 15) is 4.79 Å². The van der Waals surface area contributed by atoms with Gasteiger partial charge in [0.15, 0.2) is 0 Å². The van der Waals surface area contributed by atoms with E-state index >= 15 is 0 Å². The first-order valence-electron chi connectivity index (χ1n) is 8.66. The van der Waals surface area contributed by atoms with Gasteiger partial charge in [0.25, 0.3) is 0 Å². The van der Waals surface area contributed by atoms with Crippen LogP contribution in [0.2, 0.25) is 5.02 Å². The fourth-order valence-electron chi connectivity index (χ4n) is 3.94. The van der Waals surface area contributed by atoms with Crippen molar-refractivity contribution in [3.8, 4) is 0 Å². The fourth-order valence-corrected chi connectivity index (χ4v) is 4.25. The molecule has 5 heteroatoms. The van der Waals surface area contributed by atoms with Crippen molar-refractivity contribution >= 4 is 17.5 Å². The van der Waals surface area contributed by atoms with E-state index in [0.717, 1.165) is 44.3 Å². The van der Waals surface area contributed by atoms with Gasteiger partial charge in [0, 0.05) is 25.7 Å². The van der Waals surface area contributed by atoms with E-state index in [1.54, 1.807) is 4.68 Å². The predicted molar refractivity (Wildman–Crippen MR) is 87.7 cm³/mol. The summed E-state index contributed by atoms with van der Waals surface area (Å²) in [6, 6.07) is 0.0608. The molecule has 1 saturated heterocycles. The summed E-state index contributed by atoms with van der Waals surface area (Å²) < 4.78 is 1.76. The Morgan fingerprint density at radius 1 is 1.14 bits per heavy atom. The second-order valence-corrected chi connectivity index (χ2v) is 7.17. The number of carbonyl (C=O) groups excluding carboxylic acids is 1. The van der Waals surface area contributed by atoms with Gasteiger partial charge in [-0.3, -0.25) is 9.48 Å². The van der Waals surface area contributed by atoms with Crippen molar-refractivity contribution in [2.24, 2.45) is 13.0 Å². The van der Waals surface area contributed by atoms with Gasteiger partial charge in [0.2, 0.25) is 5.91 Å². The number of rotatable bonds is 2. The highest BCUT2D eigenvalue weighted by Crippen LogP contribution is 2.36. The number of halogens is 1. The molecule has 122 valence electrons. The lowest BCUT2D eigenvalue weighted by Gasteiger charge is -2.33. The van der Waals surface area contributed by atoms with Crippen molar-refractivity contribution in [1.82, 2.24) is 14.7 Å². The Labute approximate surface area is 137 Å². The molecule has 0 radical (unpaired) electrons. The van der Waals surface area contributed by atoms with Crippen LogP contribution in [-0.4, -0.2) is 27.1 Å². The molecular weight excluding hydrogens is 298 g/mol. The van der Waals surface area contributed by atoms with Gasteiger partial charge in [-0.05, 0) is 25.7 Å².